The van der Waals surface area contributed by atoms with Crippen LogP contribution < -0.4 is 15.1 Å². The Balaban J connectivity index is 1.40. The van der Waals surface area contributed by atoms with E-state index in [9.17, 15) is 18.6 Å². The first-order chi connectivity index (χ1) is 18.3. The van der Waals surface area contributed by atoms with E-state index in [-0.39, 0.29) is 24.3 Å². The van der Waals surface area contributed by atoms with Crippen LogP contribution in [0, 0.1) is 5.92 Å². The summed E-state index contributed by atoms with van der Waals surface area (Å²) < 4.78 is 23.7. The SMILES string of the molecule is CC(C)c1ccc(N2C[C@H](CS(C)(=O)=O)[C@H]2C)c2cnc(Nc3ccnc(N4CC[C@](C)(O)[C@H](O)C4)n3)cc12. The number of β-amino-alcohol motifs (C(OH)–C–C–N with tert-alkyl or cyclic N) is 1. The van der Waals surface area contributed by atoms with Gasteiger partial charge >= 0.3 is 0 Å². The Bertz CT molecular complexity index is 1480. The van der Waals surface area contributed by atoms with Gasteiger partial charge in [-0.1, -0.05) is 19.9 Å². The molecule has 3 N–H and O–H groups in total. The number of piperidine rings is 1. The molecule has 4 atom stereocenters. The minimum absolute atomic E-state index is 0.118. The molecule has 0 radical (unpaired) electrons. The number of aliphatic hydroxyl groups is 2. The average molecular weight is 555 g/mol. The number of nitrogens with one attached hydrogen (secondary N) is 1. The lowest BCUT2D eigenvalue weighted by Crippen LogP contribution is -2.57. The van der Waals surface area contributed by atoms with Crippen LogP contribution in [0.5, 0.6) is 0 Å². The van der Waals surface area contributed by atoms with Gasteiger partial charge in [-0.25, -0.2) is 18.4 Å². The van der Waals surface area contributed by atoms with Crippen molar-refractivity contribution in [1.29, 1.82) is 0 Å². The first-order valence-electron chi connectivity index (χ1n) is 13.4. The molecule has 0 spiro atoms. The molecular formula is C28H38N6O4S. The van der Waals surface area contributed by atoms with Crippen LogP contribution in [0.1, 0.15) is 45.6 Å². The van der Waals surface area contributed by atoms with Crippen LogP contribution in [-0.2, 0) is 9.84 Å². The lowest BCUT2D eigenvalue weighted by molar-refractivity contribution is -0.0724. The summed E-state index contributed by atoms with van der Waals surface area (Å²) in [6, 6.07) is 8.22. The number of rotatable bonds is 7. The summed E-state index contributed by atoms with van der Waals surface area (Å²) in [5, 5.41) is 26.0. The van der Waals surface area contributed by atoms with Gasteiger partial charge in [-0.3, -0.25) is 0 Å². The number of sulfone groups is 1. The molecule has 0 aliphatic carbocycles. The Morgan fingerprint density at radius 3 is 2.59 bits per heavy atom. The Morgan fingerprint density at radius 2 is 1.92 bits per heavy atom. The van der Waals surface area contributed by atoms with Crippen LogP contribution >= 0.6 is 0 Å². The molecule has 2 saturated heterocycles. The molecular weight excluding hydrogens is 516 g/mol. The number of aliphatic hydroxyl groups excluding tert-OH is 1. The maximum atomic E-state index is 11.8. The fourth-order valence-electron chi connectivity index (χ4n) is 5.56. The van der Waals surface area contributed by atoms with Gasteiger partial charge in [0.1, 0.15) is 21.5 Å². The third kappa shape index (κ3) is 5.66. The highest BCUT2D eigenvalue weighted by molar-refractivity contribution is 7.90. The van der Waals surface area contributed by atoms with E-state index in [1.165, 1.54) is 11.8 Å². The van der Waals surface area contributed by atoms with Gasteiger partial charge in [0.05, 0.1) is 17.5 Å². The molecule has 3 aromatic rings. The molecule has 2 fully saturated rings. The summed E-state index contributed by atoms with van der Waals surface area (Å²) in [6.45, 7) is 9.56. The molecule has 0 bridgehead atoms. The van der Waals surface area contributed by atoms with E-state index in [1.807, 2.05) is 17.2 Å². The molecule has 2 aromatic heterocycles. The first kappa shape index (κ1) is 27.5. The zero-order chi connectivity index (χ0) is 28.1. The molecule has 0 saturated carbocycles. The largest absolute Gasteiger partial charge is 0.388 e. The molecule has 11 heteroatoms. The Kier molecular flexibility index (Phi) is 7.19. The van der Waals surface area contributed by atoms with E-state index in [4.69, 9.17) is 4.98 Å². The molecule has 5 rings (SSSR count). The topological polar surface area (TPSA) is 132 Å². The van der Waals surface area contributed by atoms with Gasteiger partial charge in [-0.05, 0) is 55.3 Å². The third-order valence-corrected chi connectivity index (χ3v) is 9.18. The molecule has 210 valence electrons. The van der Waals surface area contributed by atoms with E-state index in [2.05, 4.69) is 53.1 Å². The number of aromatic nitrogens is 3. The number of nitrogens with zero attached hydrogens (tertiary/aromatic N) is 5. The van der Waals surface area contributed by atoms with Gasteiger partial charge in [0.25, 0.3) is 0 Å². The van der Waals surface area contributed by atoms with Crippen LogP contribution in [-0.4, -0.2) is 83.0 Å². The molecule has 1 aromatic carbocycles. The third-order valence-electron chi connectivity index (χ3n) is 8.15. The maximum Gasteiger partial charge on any atom is 0.227 e. The second-order valence-corrected chi connectivity index (χ2v) is 13.8. The summed E-state index contributed by atoms with van der Waals surface area (Å²) in [5.41, 5.74) is 1.16. The molecule has 2 aliphatic rings. The average Bonchev–Trinajstić information content (AvgIpc) is 2.86. The molecule has 0 unspecified atom stereocenters. The van der Waals surface area contributed by atoms with Gasteiger partial charge in [-0.15, -0.1) is 0 Å². The predicted octanol–water partition coefficient (Wildman–Crippen LogP) is 3.08. The Labute approximate surface area is 230 Å². The molecule has 0 amide bonds. The smallest absolute Gasteiger partial charge is 0.227 e. The van der Waals surface area contributed by atoms with E-state index in [0.29, 0.717) is 43.0 Å². The van der Waals surface area contributed by atoms with Crippen molar-refractivity contribution in [3.05, 3.63) is 42.2 Å². The fraction of sp³-hybridized carbons (Fsp3) is 0.536. The number of fused-ring (bicyclic) bond motifs is 1. The first-order valence-corrected chi connectivity index (χ1v) is 15.5. The van der Waals surface area contributed by atoms with Crippen molar-refractivity contribution in [2.75, 3.05) is 46.8 Å². The van der Waals surface area contributed by atoms with Gasteiger partial charge in [-0.2, -0.15) is 4.98 Å². The normalized spacial score (nSPS) is 25.7. The second kappa shape index (κ2) is 10.2. The summed E-state index contributed by atoms with van der Waals surface area (Å²) in [6.07, 6.45) is 4.38. The van der Waals surface area contributed by atoms with Gasteiger partial charge < -0.3 is 25.3 Å². The fourth-order valence-corrected chi connectivity index (χ4v) is 6.72. The predicted molar refractivity (Wildman–Crippen MR) is 155 cm³/mol. The zero-order valence-electron chi connectivity index (χ0n) is 23.2. The standard InChI is InChI=1S/C28H38N6O4S/c1-17(2)20-6-7-23(34-14-19(18(34)3)16-39(5,37)38)22-13-30-26(12-21(20)22)31-25-8-10-29-27(32-25)33-11-9-28(4,36)24(35)15-33/h6-8,10,12-13,17-19,24,35-36H,9,11,14-16H2,1-5H3,(H,29,30,31,32)/t18-,19-,24-,28+/m1/s1. The number of benzene rings is 1. The lowest BCUT2D eigenvalue weighted by Gasteiger charge is -2.48. The van der Waals surface area contributed by atoms with Gasteiger partial charge in [0.2, 0.25) is 5.95 Å². The van der Waals surface area contributed by atoms with Crippen LogP contribution in [0.2, 0.25) is 0 Å². The van der Waals surface area contributed by atoms with E-state index < -0.39 is 21.5 Å². The van der Waals surface area contributed by atoms with E-state index in [1.54, 1.807) is 19.2 Å². The Morgan fingerprint density at radius 1 is 1.15 bits per heavy atom. The van der Waals surface area contributed by atoms with Gasteiger partial charge in [0, 0.05) is 61.3 Å². The van der Waals surface area contributed by atoms with Crippen LogP contribution in [0.4, 0.5) is 23.3 Å². The van der Waals surface area contributed by atoms with E-state index >= 15 is 0 Å². The van der Waals surface area contributed by atoms with Crippen molar-refractivity contribution >= 4 is 43.9 Å². The summed E-state index contributed by atoms with van der Waals surface area (Å²) in [5.74, 6) is 2.34. The molecule has 2 aliphatic heterocycles. The zero-order valence-corrected chi connectivity index (χ0v) is 24.0. The maximum absolute atomic E-state index is 11.8. The molecule has 4 heterocycles. The minimum Gasteiger partial charge on any atom is -0.388 e. The summed E-state index contributed by atoms with van der Waals surface area (Å²) in [7, 11) is -3.02. The van der Waals surface area contributed by atoms with Crippen molar-refractivity contribution in [2.24, 2.45) is 5.92 Å². The van der Waals surface area contributed by atoms with Crippen molar-refractivity contribution in [3.8, 4) is 0 Å². The molecule has 39 heavy (non-hydrogen) atoms. The highest BCUT2D eigenvalue weighted by Crippen LogP contribution is 2.39. The second-order valence-electron chi connectivity index (χ2n) is 11.6. The summed E-state index contributed by atoms with van der Waals surface area (Å²) in [4.78, 5) is 17.8. The van der Waals surface area contributed by atoms with Crippen LogP contribution in [0.15, 0.2) is 36.7 Å². The van der Waals surface area contributed by atoms with Crippen molar-refractivity contribution < 1.29 is 18.6 Å². The summed E-state index contributed by atoms with van der Waals surface area (Å²) >= 11 is 0. The number of pyridine rings is 1. The van der Waals surface area contributed by atoms with Crippen molar-refractivity contribution in [1.82, 2.24) is 15.0 Å². The van der Waals surface area contributed by atoms with Crippen molar-refractivity contribution in [2.45, 2.75) is 57.8 Å². The number of hydrogen-bond donors (Lipinski definition) is 3. The minimum atomic E-state index is -3.02. The monoisotopic (exact) mass is 554 g/mol. The highest BCUT2D eigenvalue weighted by Gasteiger charge is 2.39. The van der Waals surface area contributed by atoms with E-state index in [0.717, 1.165) is 16.5 Å². The van der Waals surface area contributed by atoms with Gasteiger partial charge in [0.15, 0.2) is 0 Å². The molecule has 10 nitrogen and oxygen atoms in total. The number of anilines is 4. The lowest BCUT2D eigenvalue weighted by atomic mass is 9.88. The Hall–Kier alpha value is -3.02. The van der Waals surface area contributed by atoms with Crippen molar-refractivity contribution in [3.63, 3.8) is 0 Å². The quantitative estimate of drug-likeness (QED) is 0.400. The number of hydrogen-bond acceptors (Lipinski definition) is 10. The highest BCUT2D eigenvalue weighted by atomic mass is 32.2. The van der Waals surface area contributed by atoms with Crippen LogP contribution in [0.3, 0.4) is 0 Å². The van der Waals surface area contributed by atoms with Crippen LogP contribution in [0.25, 0.3) is 10.8 Å².